The molecule has 178 valence electrons. The highest BCUT2D eigenvalue weighted by molar-refractivity contribution is 5.89. The van der Waals surface area contributed by atoms with E-state index in [1.54, 1.807) is 12.4 Å². The predicted molar refractivity (Wildman–Crippen MR) is 144 cm³/mol. The number of pyridine rings is 2. The van der Waals surface area contributed by atoms with Gasteiger partial charge in [0.2, 0.25) is 0 Å². The molecule has 0 amide bonds. The molecule has 5 rings (SSSR count). The monoisotopic (exact) mass is 466 g/mol. The molecule has 2 N–H and O–H groups in total. The second-order valence-electron chi connectivity index (χ2n) is 8.69. The fraction of sp³-hybridized carbons (Fsp3) is 0.259. The van der Waals surface area contributed by atoms with E-state index in [1.165, 1.54) is 0 Å². The predicted octanol–water partition coefficient (Wildman–Crippen LogP) is 4.35. The van der Waals surface area contributed by atoms with Crippen molar-refractivity contribution < 1.29 is 0 Å². The minimum atomic E-state index is 0.741. The zero-order valence-electron chi connectivity index (χ0n) is 20.4. The Kier molecular flexibility index (Phi) is 6.54. The van der Waals surface area contributed by atoms with Crippen molar-refractivity contribution in [3.8, 4) is 11.3 Å². The molecule has 1 aliphatic heterocycles. The van der Waals surface area contributed by atoms with E-state index in [1.807, 2.05) is 32.4 Å². The Morgan fingerprint density at radius 1 is 0.914 bits per heavy atom. The van der Waals surface area contributed by atoms with Gasteiger partial charge in [-0.3, -0.25) is 4.98 Å². The lowest BCUT2D eigenvalue weighted by Gasteiger charge is -2.33. The molecule has 1 fully saturated rings. The molecular formula is C27H30N8. The first kappa shape index (κ1) is 22.7. The van der Waals surface area contributed by atoms with Gasteiger partial charge < -0.3 is 20.4 Å². The van der Waals surface area contributed by atoms with Crippen LogP contribution in [-0.2, 0) is 0 Å². The van der Waals surface area contributed by atoms with Crippen LogP contribution < -0.4 is 15.5 Å². The summed E-state index contributed by atoms with van der Waals surface area (Å²) >= 11 is 0. The summed E-state index contributed by atoms with van der Waals surface area (Å²) in [5.41, 5.74) is 3.92. The van der Waals surface area contributed by atoms with Crippen LogP contribution in [0.3, 0.4) is 0 Å². The smallest absolute Gasteiger partial charge is 0.144 e. The summed E-state index contributed by atoms with van der Waals surface area (Å²) in [4.78, 5) is 22.9. The molecule has 4 heterocycles. The number of anilines is 3. The summed E-state index contributed by atoms with van der Waals surface area (Å²) in [6.07, 6.45) is 9.34. The van der Waals surface area contributed by atoms with E-state index in [0.29, 0.717) is 0 Å². The highest BCUT2D eigenvalue weighted by Crippen LogP contribution is 2.27. The fourth-order valence-electron chi connectivity index (χ4n) is 4.24. The molecular weight excluding hydrogens is 436 g/mol. The second kappa shape index (κ2) is 10.1. The van der Waals surface area contributed by atoms with Crippen LogP contribution in [0.4, 0.5) is 17.5 Å². The molecule has 0 aliphatic carbocycles. The molecule has 0 spiro atoms. The summed E-state index contributed by atoms with van der Waals surface area (Å²) in [5.74, 6) is 2.54. The van der Waals surface area contributed by atoms with Crippen molar-refractivity contribution in [1.29, 1.82) is 0 Å². The minimum absolute atomic E-state index is 0.741. The van der Waals surface area contributed by atoms with Gasteiger partial charge in [-0.2, -0.15) is 0 Å². The van der Waals surface area contributed by atoms with Gasteiger partial charge in [-0.05, 0) is 43.6 Å². The number of aromatic nitrogens is 4. The largest absolute Gasteiger partial charge is 0.372 e. The van der Waals surface area contributed by atoms with E-state index >= 15 is 0 Å². The third-order valence-electron chi connectivity index (χ3n) is 6.34. The molecule has 0 bridgehead atoms. The molecule has 1 aromatic carbocycles. The molecule has 4 aromatic rings. The van der Waals surface area contributed by atoms with E-state index in [9.17, 15) is 0 Å². The molecule has 1 saturated heterocycles. The SMILES string of the molecule is C/C=C(\Nc1cc2cc(-c3cncc(NC)n3)ccc2cn1)c1ccnc(N2CCN(C)CC2)c1. The van der Waals surface area contributed by atoms with Gasteiger partial charge in [-0.25, -0.2) is 15.0 Å². The van der Waals surface area contributed by atoms with Crippen LogP contribution in [0.25, 0.3) is 27.7 Å². The number of likely N-dealkylation sites (N-methyl/N-ethyl adjacent to an activating group) is 1. The van der Waals surface area contributed by atoms with Crippen LogP contribution in [0, 0.1) is 0 Å². The third kappa shape index (κ3) is 5.07. The van der Waals surface area contributed by atoms with Crippen molar-refractivity contribution in [2.75, 3.05) is 55.8 Å². The van der Waals surface area contributed by atoms with Gasteiger partial charge in [0.15, 0.2) is 0 Å². The van der Waals surface area contributed by atoms with Crippen molar-refractivity contribution in [3.05, 3.63) is 72.8 Å². The van der Waals surface area contributed by atoms with Crippen LogP contribution in [0.5, 0.6) is 0 Å². The quantitative estimate of drug-likeness (QED) is 0.434. The summed E-state index contributed by atoms with van der Waals surface area (Å²) in [7, 11) is 4.00. The maximum atomic E-state index is 4.65. The van der Waals surface area contributed by atoms with E-state index in [4.69, 9.17) is 0 Å². The number of nitrogens with zero attached hydrogens (tertiary/aromatic N) is 6. The average Bonchev–Trinajstić information content (AvgIpc) is 2.91. The normalized spacial score (nSPS) is 14.8. The lowest BCUT2D eigenvalue weighted by atomic mass is 10.1. The second-order valence-corrected chi connectivity index (χ2v) is 8.69. The number of hydrogen-bond acceptors (Lipinski definition) is 8. The van der Waals surface area contributed by atoms with Crippen molar-refractivity contribution in [1.82, 2.24) is 24.8 Å². The molecule has 0 radical (unpaired) electrons. The van der Waals surface area contributed by atoms with Crippen molar-refractivity contribution in [2.45, 2.75) is 6.92 Å². The Morgan fingerprint density at radius 2 is 1.77 bits per heavy atom. The number of nitrogens with one attached hydrogen (secondary N) is 2. The van der Waals surface area contributed by atoms with E-state index in [2.05, 4.69) is 83.8 Å². The van der Waals surface area contributed by atoms with E-state index in [-0.39, 0.29) is 0 Å². The van der Waals surface area contributed by atoms with Crippen LogP contribution in [0.1, 0.15) is 12.5 Å². The molecule has 0 saturated carbocycles. The molecule has 1 aliphatic rings. The summed E-state index contributed by atoms with van der Waals surface area (Å²) in [5, 5.41) is 8.71. The fourth-order valence-corrected chi connectivity index (χ4v) is 4.24. The lowest BCUT2D eigenvalue weighted by Crippen LogP contribution is -2.44. The molecule has 3 aromatic heterocycles. The topological polar surface area (TPSA) is 82.1 Å². The van der Waals surface area contributed by atoms with E-state index in [0.717, 1.165) is 76.9 Å². The van der Waals surface area contributed by atoms with Gasteiger partial charge >= 0.3 is 0 Å². The number of rotatable bonds is 6. The van der Waals surface area contributed by atoms with Gasteiger partial charge in [0, 0.05) is 67.8 Å². The summed E-state index contributed by atoms with van der Waals surface area (Å²) in [6, 6.07) is 12.5. The molecule has 0 atom stereocenters. The zero-order chi connectivity index (χ0) is 24.2. The molecule has 0 unspecified atom stereocenters. The summed E-state index contributed by atoms with van der Waals surface area (Å²) in [6.45, 7) is 6.11. The minimum Gasteiger partial charge on any atom is -0.372 e. The lowest BCUT2D eigenvalue weighted by molar-refractivity contribution is 0.312. The number of fused-ring (bicyclic) bond motifs is 1. The maximum absolute atomic E-state index is 4.65. The highest BCUT2D eigenvalue weighted by Gasteiger charge is 2.16. The standard InChI is InChI=1S/C27H30N8/c1-4-23(20-7-8-30-27(15-20)35-11-9-34(3)10-12-35)32-25-14-22-13-19(5-6-21(22)16-31-25)24-17-29-18-26(28-2)33-24/h4-8,13-18H,9-12H2,1-3H3,(H,28,33)(H,31,32)/b23-4-. The van der Waals surface area contributed by atoms with E-state index < -0.39 is 0 Å². The Balaban J connectivity index is 1.39. The van der Waals surface area contributed by atoms with Crippen molar-refractivity contribution in [2.24, 2.45) is 0 Å². The number of benzene rings is 1. The number of hydrogen-bond donors (Lipinski definition) is 2. The Bertz CT molecular complexity index is 1360. The van der Waals surface area contributed by atoms with Gasteiger partial charge in [-0.15, -0.1) is 0 Å². The van der Waals surface area contributed by atoms with Crippen LogP contribution >= 0.6 is 0 Å². The number of allylic oxidation sites excluding steroid dienone is 1. The first-order valence-electron chi connectivity index (χ1n) is 11.9. The molecule has 8 nitrogen and oxygen atoms in total. The Morgan fingerprint density at radius 3 is 2.57 bits per heavy atom. The van der Waals surface area contributed by atoms with Gasteiger partial charge in [-0.1, -0.05) is 18.2 Å². The van der Waals surface area contributed by atoms with Gasteiger partial charge in [0.1, 0.15) is 17.5 Å². The molecule has 35 heavy (non-hydrogen) atoms. The van der Waals surface area contributed by atoms with Crippen LogP contribution in [0.2, 0.25) is 0 Å². The third-order valence-corrected chi connectivity index (χ3v) is 6.34. The number of piperazine rings is 1. The average molecular weight is 467 g/mol. The van der Waals surface area contributed by atoms with Gasteiger partial charge in [0.05, 0.1) is 18.1 Å². The Hall–Kier alpha value is -4.04. The van der Waals surface area contributed by atoms with Crippen molar-refractivity contribution >= 4 is 33.9 Å². The molecule has 8 heteroatoms. The van der Waals surface area contributed by atoms with Crippen LogP contribution in [-0.4, -0.2) is 65.1 Å². The summed E-state index contributed by atoms with van der Waals surface area (Å²) < 4.78 is 0. The zero-order valence-corrected chi connectivity index (χ0v) is 20.4. The first-order chi connectivity index (χ1) is 17.1. The van der Waals surface area contributed by atoms with Crippen molar-refractivity contribution in [3.63, 3.8) is 0 Å². The highest BCUT2D eigenvalue weighted by atomic mass is 15.3. The first-order valence-corrected chi connectivity index (χ1v) is 11.9. The Labute approximate surface area is 205 Å². The maximum Gasteiger partial charge on any atom is 0.144 e. The van der Waals surface area contributed by atoms with Gasteiger partial charge in [0.25, 0.3) is 0 Å². The van der Waals surface area contributed by atoms with Crippen LogP contribution in [0.15, 0.2) is 67.3 Å².